The van der Waals surface area contributed by atoms with Crippen LogP contribution in [-0.2, 0) is 4.79 Å². The van der Waals surface area contributed by atoms with Crippen molar-refractivity contribution in [2.45, 2.75) is 66.8 Å². The van der Waals surface area contributed by atoms with Crippen molar-refractivity contribution in [2.24, 2.45) is 22.2 Å². The fourth-order valence-electron chi connectivity index (χ4n) is 5.25. The number of fused-ring (bicyclic) bond motifs is 2. The molecule has 0 radical (unpaired) electrons. The second-order valence-electron chi connectivity index (χ2n) is 10.1. The van der Waals surface area contributed by atoms with Crippen LogP contribution in [0.3, 0.4) is 0 Å². The number of rotatable bonds is 1. The van der Waals surface area contributed by atoms with Gasteiger partial charge in [0.2, 0.25) is 5.91 Å². The molecule has 0 aromatic heterocycles. The lowest BCUT2D eigenvalue weighted by Crippen LogP contribution is -2.57. The minimum Gasteiger partial charge on any atom is -0.339 e. The van der Waals surface area contributed by atoms with Crippen molar-refractivity contribution in [2.75, 3.05) is 26.2 Å². The molecule has 1 heterocycles. The average Bonchev–Trinajstić information content (AvgIpc) is 2.87. The number of nitrogens with one attached hydrogen (secondary N) is 1. The number of piperazine rings is 1. The Kier molecular flexibility index (Phi) is 4.36. The molecular weight excluding hydrogens is 314 g/mol. The van der Waals surface area contributed by atoms with Crippen LogP contribution in [-0.4, -0.2) is 54.0 Å². The van der Waals surface area contributed by atoms with E-state index in [1.165, 1.54) is 12.8 Å². The topological polar surface area (TPSA) is 52.7 Å². The molecule has 2 aliphatic carbocycles. The normalized spacial score (nSPS) is 34.3. The van der Waals surface area contributed by atoms with Crippen molar-refractivity contribution in [3.63, 3.8) is 0 Å². The highest BCUT2D eigenvalue weighted by molar-refractivity contribution is 5.82. The third kappa shape index (κ3) is 2.93. The second kappa shape index (κ2) is 5.88. The van der Waals surface area contributed by atoms with Gasteiger partial charge >= 0.3 is 6.03 Å². The molecule has 3 aliphatic rings. The van der Waals surface area contributed by atoms with Gasteiger partial charge in [-0.1, -0.05) is 41.5 Å². The lowest BCUT2D eigenvalue weighted by molar-refractivity contribution is -0.140. The Bertz CT molecular complexity index is 558. The molecule has 2 bridgehead atoms. The highest BCUT2D eigenvalue weighted by Gasteiger charge is 2.61. The van der Waals surface area contributed by atoms with Gasteiger partial charge < -0.3 is 15.1 Å². The number of hydrogen-bond acceptors (Lipinski definition) is 2. The Balaban J connectivity index is 1.55. The van der Waals surface area contributed by atoms with Crippen LogP contribution in [0.4, 0.5) is 4.79 Å². The van der Waals surface area contributed by atoms with Crippen LogP contribution in [0.1, 0.15) is 60.8 Å². The first-order chi connectivity index (χ1) is 11.5. The van der Waals surface area contributed by atoms with Crippen LogP contribution in [0, 0.1) is 22.2 Å². The molecular formula is C20H35N3O2. The quantitative estimate of drug-likeness (QED) is 0.791. The van der Waals surface area contributed by atoms with E-state index in [2.05, 4.69) is 26.1 Å². The molecule has 0 aromatic carbocycles. The maximum Gasteiger partial charge on any atom is 0.317 e. The molecule has 3 amide bonds. The molecule has 0 unspecified atom stereocenters. The third-order valence-corrected chi connectivity index (χ3v) is 7.59. The highest BCUT2D eigenvalue weighted by atomic mass is 16.2. The maximum atomic E-state index is 12.8. The Morgan fingerprint density at radius 3 is 2.00 bits per heavy atom. The summed E-state index contributed by atoms with van der Waals surface area (Å²) in [6, 6.07) is 0.334. The minimum atomic E-state index is -0.353. The zero-order valence-electron chi connectivity index (χ0n) is 16.8. The lowest BCUT2D eigenvalue weighted by Gasteiger charge is -2.41. The predicted octanol–water partition coefficient (Wildman–Crippen LogP) is 3.10. The van der Waals surface area contributed by atoms with E-state index < -0.39 is 0 Å². The molecule has 25 heavy (non-hydrogen) atoms. The molecule has 1 N–H and O–H groups in total. The van der Waals surface area contributed by atoms with E-state index in [1.807, 2.05) is 30.6 Å². The summed E-state index contributed by atoms with van der Waals surface area (Å²) in [7, 11) is 0. The molecule has 142 valence electrons. The summed E-state index contributed by atoms with van der Waals surface area (Å²) in [5.41, 5.74) is 0.161. The molecule has 2 saturated carbocycles. The summed E-state index contributed by atoms with van der Waals surface area (Å²) in [6.45, 7) is 15.5. The first-order valence-corrected chi connectivity index (χ1v) is 9.81. The van der Waals surface area contributed by atoms with Gasteiger partial charge in [-0.15, -0.1) is 0 Å². The summed E-state index contributed by atoms with van der Waals surface area (Å²) in [6.07, 6.45) is 3.62. The highest BCUT2D eigenvalue weighted by Crippen LogP contribution is 2.65. The fraction of sp³-hybridized carbons (Fsp3) is 0.900. The van der Waals surface area contributed by atoms with Crippen molar-refractivity contribution < 1.29 is 9.59 Å². The predicted molar refractivity (Wildman–Crippen MR) is 99.2 cm³/mol. The molecule has 3 atom stereocenters. The van der Waals surface area contributed by atoms with Crippen molar-refractivity contribution in [3.8, 4) is 0 Å². The van der Waals surface area contributed by atoms with E-state index in [0.29, 0.717) is 31.6 Å². The molecule has 5 nitrogen and oxygen atoms in total. The van der Waals surface area contributed by atoms with Crippen LogP contribution in [0.25, 0.3) is 0 Å². The van der Waals surface area contributed by atoms with Crippen molar-refractivity contribution in [1.29, 1.82) is 0 Å². The Labute approximate surface area is 152 Å². The van der Waals surface area contributed by atoms with Crippen molar-refractivity contribution in [1.82, 2.24) is 15.1 Å². The molecule has 3 rings (SSSR count). The van der Waals surface area contributed by atoms with E-state index in [1.54, 1.807) is 0 Å². The Morgan fingerprint density at radius 1 is 1.00 bits per heavy atom. The molecule has 0 aromatic rings. The number of nitrogens with zero attached hydrogens (tertiary/aromatic N) is 2. The van der Waals surface area contributed by atoms with Gasteiger partial charge in [-0.3, -0.25) is 4.79 Å². The lowest BCUT2D eigenvalue weighted by atomic mass is 9.69. The van der Waals surface area contributed by atoms with Gasteiger partial charge in [-0.25, -0.2) is 4.79 Å². The second-order valence-corrected chi connectivity index (χ2v) is 10.1. The van der Waals surface area contributed by atoms with E-state index in [-0.39, 0.29) is 28.8 Å². The third-order valence-electron chi connectivity index (χ3n) is 7.59. The first kappa shape index (κ1) is 18.5. The minimum absolute atomic E-state index is 0.0532. The standard InChI is InChI=1S/C20H35N3O2/c1-18(2,3)16(24)22-9-11-23(12-10-22)17(25)21-15-13-14-7-8-20(15,6)19(14,4)5/h14-15H,7-13H2,1-6H3,(H,21,25)/t14-,15-,20-/m1/s1. The van der Waals surface area contributed by atoms with Crippen LogP contribution in [0.5, 0.6) is 0 Å². The van der Waals surface area contributed by atoms with Crippen LogP contribution < -0.4 is 5.32 Å². The molecule has 0 spiro atoms. The van der Waals surface area contributed by atoms with Gasteiger partial charge in [0.25, 0.3) is 0 Å². The average molecular weight is 350 g/mol. The van der Waals surface area contributed by atoms with Crippen molar-refractivity contribution >= 4 is 11.9 Å². The van der Waals surface area contributed by atoms with Gasteiger partial charge in [-0.05, 0) is 36.0 Å². The monoisotopic (exact) mass is 349 g/mol. The van der Waals surface area contributed by atoms with Crippen LogP contribution in [0.15, 0.2) is 0 Å². The number of urea groups is 1. The smallest absolute Gasteiger partial charge is 0.317 e. The first-order valence-electron chi connectivity index (χ1n) is 9.81. The number of carbonyl (C=O) groups excluding carboxylic acids is 2. The van der Waals surface area contributed by atoms with Gasteiger partial charge in [0.05, 0.1) is 0 Å². The van der Waals surface area contributed by atoms with Gasteiger partial charge in [-0.2, -0.15) is 0 Å². The molecule has 5 heteroatoms. The molecule has 1 saturated heterocycles. The summed E-state index contributed by atoms with van der Waals surface area (Å²) >= 11 is 0. The van der Waals surface area contributed by atoms with E-state index in [9.17, 15) is 9.59 Å². The number of carbonyl (C=O) groups is 2. The van der Waals surface area contributed by atoms with Crippen LogP contribution >= 0.6 is 0 Å². The number of amides is 3. The summed E-state index contributed by atoms with van der Waals surface area (Å²) < 4.78 is 0. The van der Waals surface area contributed by atoms with E-state index in [4.69, 9.17) is 0 Å². The van der Waals surface area contributed by atoms with Gasteiger partial charge in [0.1, 0.15) is 0 Å². The summed E-state index contributed by atoms with van der Waals surface area (Å²) in [5.74, 6) is 0.902. The van der Waals surface area contributed by atoms with Crippen LogP contribution in [0.2, 0.25) is 0 Å². The number of hydrogen-bond donors (Lipinski definition) is 1. The Hall–Kier alpha value is -1.26. The van der Waals surface area contributed by atoms with Crippen molar-refractivity contribution in [3.05, 3.63) is 0 Å². The maximum absolute atomic E-state index is 12.8. The fourth-order valence-corrected chi connectivity index (χ4v) is 5.25. The molecule has 1 aliphatic heterocycles. The zero-order valence-corrected chi connectivity index (χ0v) is 16.8. The van der Waals surface area contributed by atoms with E-state index >= 15 is 0 Å². The SMILES string of the molecule is CC(C)(C)C(=O)N1CCN(C(=O)N[C@@H]2C[C@H]3CC[C@@]2(C)C3(C)C)CC1. The largest absolute Gasteiger partial charge is 0.339 e. The Morgan fingerprint density at radius 2 is 1.56 bits per heavy atom. The molecule has 3 fully saturated rings. The van der Waals surface area contributed by atoms with E-state index in [0.717, 1.165) is 12.3 Å². The van der Waals surface area contributed by atoms with Gasteiger partial charge in [0.15, 0.2) is 0 Å². The summed E-state index contributed by atoms with van der Waals surface area (Å²) in [4.78, 5) is 28.9. The summed E-state index contributed by atoms with van der Waals surface area (Å²) in [5, 5.41) is 3.33. The zero-order chi connectivity index (χ0) is 18.6. The van der Waals surface area contributed by atoms with Gasteiger partial charge in [0, 0.05) is 37.6 Å².